The van der Waals surface area contributed by atoms with Gasteiger partial charge in [-0.15, -0.1) is 0 Å². The first-order valence-corrected chi connectivity index (χ1v) is 5.23. The third-order valence-electron chi connectivity index (χ3n) is 2.96. The molecule has 0 fully saturated rings. The number of carbonyl (C=O) groups is 1. The van der Waals surface area contributed by atoms with Crippen molar-refractivity contribution in [3.63, 3.8) is 0 Å². The first-order valence-electron chi connectivity index (χ1n) is 5.23. The summed E-state index contributed by atoms with van der Waals surface area (Å²) >= 11 is 0. The summed E-state index contributed by atoms with van der Waals surface area (Å²) in [6.45, 7) is 5.30. The lowest BCUT2D eigenvalue weighted by Gasteiger charge is -2.18. The van der Waals surface area contributed by atoms with Crippen molar-refractivity contribution in [3.05, 3.63) is 23.8 Å². The first kappa shape index (κ1) is 10.8. The lowest BCUT2D eigenvalue weighted by Crippen LogP contribution is -2.25. The second kappa shape index (κ2) is 3.40. The maximum Gasteiger partial charge on any atom is 0.409 e. The zero-order valence-corrected chi connectivity index (χ0v) is 9.78. The van der Waals surface area contributed by atoms with E-state index in [1.807, 2.05) is 12.1 Å². The highest BCUT2D eigenvalue weighted by Crippen LogP contribution is 2.41. The minimum atomic E-state index is -0.774. The van der Waals surface area contributed by atoms with Gasteiger partial charge in [0.25, 0.3) is 0 Å². The van der Waals surface area contributed by atoms with Crippen LogP contribution in [0.25, 0.3) is 0 Å². The molecule has 1 amide bonds. The van der Waals surface area contributed by atoms with Gasteiger partial charge in [-0.3, -0.25) is 0 Å². The molecular formula is C12H16N2O2. The number of hydrogen-bond donors (Lipinski definition) is 1. The van der Waals surface area contributed by atoms with Crippen LogP contribution in [0.1, 0.15) is 19.4 Å². The molecule has 4 heteroatoms. The number of nitrogens with two attached hydrogens (primary N) is 1. The average Bonchev–Trinajstić information content (AvgIpc) is 2.36. The van der Waals surface area contributed by atoms with Gasteiger partial charge in [0, 0.05) is 24.7 Å². The van der Waals surface area contributed by atoms with Crippen molar-refractivity contribution in [3.8, 4) is 5.75 Å². The molecule has 0 aromatic heterocycles. The number of amides is 1. The number of ether oxygens (including phenoxy) is 1. The van der Waals surface area contributed by atoms with Gasteiger partial charge < -0.3 is 15.4 Å². The molecule has 0 bridgehead atoms. The predicted octanol–water partition coefficient (Wildman–Crippen LogP) is 1.87. The van der Waals surface area contributed by atoms with Crippen LogP contribution >= 0.6 is 0 Å². The minimum Gasteiger partial charge on any atom is -0.410 e. The highest BCUT2D eigenvalue weighted by Gasteiger charge is 2.33. The van der Waals surface area contributed by atoms with Crippen LogP contribution in [0.4, 0.5) is 10.5 Å². The molecule has 0 aliphatic carbocycles. The molecule has 0 saturated carbocycles. The summed E-state index contributed by atoms with van der Waals surface area (Å²) in [6.07, 6.45) is -0.774. The maximum absolute atomic E-state index is 10.7. The van der Waals surface area contributed by atoms with E-state index in [4.69, 9.17) is 10.5 Å². The molecule has 1 aliphatic rings. The predicted molar refractivity (Wildman–Crippen MR) is 62.9 cm³/mol. The molecule has 86 valence electrons. The third-order valence-corrected chi connectivity index (χ3v) is 2.96. The molecular weight excluding hydrogens is 204 g/mol. The van der Waals surface area contributed by atoms with E-state index in [0.717, 1.165) is 6.54 Å². The minimum absolute atomic E-state index is 0.0705. The van der Waals surface area contributed by atoms with E-state index in [2.05, 4.69) is 25.8 Å². The fourth-order valence-corrected chi connectivity index (χ4v) is 2.33. The van der Waals surface area contributed by atoms with Crippen molar-refractivity contribution >= 4 is 11.8 Å². The number of hydrogen-bond acceptors (Lipinski definition) is 3. The van der Waals surface area contributed by atoms with E-state index < -0.39 is 6.09 Å². The molecule has 0 saturated heterocycles. The molecule has 0 radical (unpaired) electrons. The van der Waals surface area contributed by atoms with Crippen LogP contribution in [0.2, 0.25) is 0 Å². The molecule has 0 unspecified atom stereocenters. The summed E-state index contributed by atoms with van der Waals surface area (Å²) in [5.74, 6) is 0.509. The number of nitrogens with zero attached hydrogens (tertiary/aromatic N) is 1. The monoisotopic (exact) mass is 220 g/mol. The van der Waals surface area contributed by atoms with Crippen molar-refractivity contribution in [2.45, 2.75) is 19.3 Å². The zero-order chi connectivity index (χ0) is 11.9. The van der Waals surface area contributed by atoms with Crippen molar-refractivity contribution in [2.24, 2.45) is 5.73 Å². The largest absolute Gasteiger partial charge is 0.410 e. The molecule has 1 heterocycles. The van der Waals surface area contributed by atoms with Gasteiger partial charge >= 0.3 is 6.09 Å². The van der Waals surface area contributed by atoms with E-state index in [1.54, 1.807) is 6.07 Å². The van der Waals surface area contributed by atoms with Gasteiger partial charge in [-0.25, -0.2) is 4.79 Å². The highest BCUT2D eigenvalue weighted by atomic mass is 16.5. The third kappa shape index (κ3) is 1.71. The molecule has 1 aromatic carbocycles. The molecule has 0 atom stereocenters. The lowest BCUT2D eigenvalue weighted by atomic mass is 9.87. The molecule has 2 N–H and O–H groups in total. The average molecular weight is 220 g/mol. The summed E-state index contributed by atoms with van der Waals surface area (Å²) in [5.41, 5.74) is 7.43. The van der Waals surface area contributed by atoms with Crippen LogP contribution in [0, 0.1) is 0 Å². The standard InChI is InChI=1S/C12H16N2O2/c1-12(2)7-14(3)10-5-4-8(6-9(10)12)16-11(13)15/h4-6H,7H2,1-3H3,(H2,13,15). The number of anilines is 1. The Bertz CT molecular complexity index is 441. The fraction of sp³-hybridized carbons (Fsp3) is 0.417. The molecule has 2 rings (SSSR count). The number of primary amides is 1. The van der Waals surface area contributed by atoms with Gasteiger partial charge in [0.15, 0.2) is 0 Å². The maximum atomic E-state index is 10.7. The van der Waals surface area contributed by atoms with E-state index in [0.29, 0.717) is 5.75 Å². The van der Waals surface area contributed by atoms with Crippen molar-refractivity contribution in [1.29, 1.82) is 0 Å². The van der Waals surface area contributed by atoms with Crippen LogP contribution in [-0.4, -0.2) is 19.7 Å². The van der Waals surface area contributed by atoms with Crippen LogP contribution in [0.5, 0.6) is 5.75 Å². The van der Waals surface area contributed by atoms with Crippen LogP contribution < -0.4 is 15.4 Å². The van der Waals surface area contributed by atoms with Crippen LogP contribution in [-0.2, 0) is 5.41 Å². The summed E-state index contributed by atoms with van der Waals surface area (Å²) in [4.78, 5) is 12.9. The Morgan fingerprint density at radius 3 is 2.81 bits per heavy atom. The quantitative estimate of drug-likeness (QED) is 0.786. The number of fused-ring (bicyclic) bond motifs is 1. The molecule has 1 aromatic rings. The molecule has 1 aliphatic heterocycles. The number of rotatable bonds is 1. The molecule has 16 heavy (non-hydrogen) atoms. The van der Waals surface area contributed by atoms with Gasteiger partial charge in [0.05, 0.1) is 0 Å². The Morgan fingerprint density at radius 2 is 2.19 bits per heavy atom. The van der Waals surface area contributed by atoms with Gasteiger partial charge in [0.2, 0.25) is 0 Å². The highest BCUT2D eigenvalue weighted by molar-refractivity contribution is 5.70. The first-order chi connectivity index (χ1) is 7.40. The normalized spacial score (nSPS) is 17.1. The number of benzene rings is 1. The van der Waals surface area contributed by atoms with Crippen molar-refractivity contribution in [1.82, 2.24) is 0 Å². The lowest BCUT2D eigenvalue weighted by molar-refractivity contribution is 0.211. The van der Waals surface area contributed by atoms with E-state index in [1.165, 1.54) is 11.3 Å². The van der Waals surface area contributed by atoms with Crippen molar-refractivity contribution in [2.75, 3.05) is 18.5 Å². The number of carbonyl (C=O) groups excluding carboxylic acids is 1. The van der Waals surface area contributed by atoms with Crippen LogP contribution in [0.3, 0.4) is 0 Å². The Labute approximate surface area is 95.0 Å². The topological polar surface area (TPSA) is 55.6 Å². The zero-order valence-electron chi connectivity index (χ0n) is 9.78. The molecule has 4 nitrogen and oxygen atoms in total. The number of likely N-dealkylation sites (N-methyl/N-ethyl adjacent to an activating group) is 1. The van der Waals surface area contributed by atoms with Crippen molar-refractivity contribution < 1.29 is 9.53 Å². The Hall–Kier alpha value is -1.71. The smallest absolute Gasteiger partial charge is 0.409 e. The second-order valence-corrected chi connectivity index (χ2v) is 4.84. The summed E-state index contributed by atoms with van der Waals surface area (Å²) in [5, 5.41) is 0. The van der Waals surface area contributed by atoms with E-state index >= 15 is 0 Å². The summed E-state index contributed by atoms with van der Waals surface area (Å²) in [6, 6.07) is 5.62. The van der Waals surface area contributed by atoms with Gasteiger partial charge in [-0.2, -0.15) is 0 Å². The van der Waals surface area contributed by atoms with E-state index in [-0.39, 0.29) is 5.41 Å². The SMILES string of the molecule is CN1CC(C)(C)c2cc(OC(N)=O)ccc21. The van der Waals surface area contributed by atoms with Gasteiger partial charge in [0.1, 0.15) is 5.75 Å². The Morgan fingerprint density at radius 1 is 1.50 bits per heavy atom. The van der Waals surface area contributed by atoms with Gasteiger partial charge in [-0.1, -0.05) is 13.8 Å². The Kier molecular flexibility index (Phi) is 2.30. The Balaban J connectivity index is 2.42. The summed E-state index contributed by atoms with van der Waals surface area (Å²) in [7, 11) is 2.06. The van der Waals surface area contributed by atoms with E-state index in [9.17, 15) is 4.79 Å². The second-order valence-electron chi connectivity index (χ2n) is 4.84. The fourth-order valence-electron chi connectivity index (χ4n) is 2.33. The molecule has 0 spiro atoms. The van der Waals surface area contributed by atoms with Gasteiger partial charge in [-0.05, 0) is 23.8 Å². The summed E-state index contributed by atoms with van der Waals surface area (Å²) < 4.78 is 4.89. The van der Waals surface area contributed by atoms with Crippen LogP contribution in [0.15, 0.2) is 18.2 Å².